The Morgan fingerprint density at radius 3 is 3.11 bits per heavy atom. The Morgan fingerprint density at radius 1 is 1.44 bits per heavy atom. The van der Waals surface area contributed by atoms with Crippen molar-refractivity contribution in [3.05, 3.63) is 24.4 Å². The number of nitrogens with one attached hydrogen (secondary N) is 3. The Morgan fingerprint density at radius 2 is 2.33 bits per heavy atom. The van der Waals surface area contributed by atoms with Gasteiger partial charge in [0.05, 0.1) is 17.6 Å². The Labute approximate surface area is 111 Å². The van der Waals surface area contributed by atoms with Gasteiger partial charge < -0.3 is 10.6 Å². The van der Waals surface area contributed by atoms with Gasteiger partial charge in [0.25, 0.3) is 0 Å². The largest absolute Gasteiger partial charge is 0.326 e. The van der Waals surface area contributed by atoms with Gasteiger partial charge in [0.2, 0.25) is 5.91 Å². The van der Waals surface area contributed by atoms with Crippen molar-refractivity contribution < 1.29 is 4.79 Å². The van der Waals surface area contributed by atoms with Crippen LogP contribution in [0.3, 0.4) is 0 Å². The number of aromatic amines is 1. The van der Waals surface area contributed by atoms with Crippen LogP contribution in [-0.4, -0.2) is 29.2 Å². The molecule has 2 aromatic rings. The molecule has 0 aliphatic carbocycles. The second-order valence-corrected chi connectivity index (χ2v) is 4.35. The zero-order chi connectivity index (χ0) is 11.7. The summed E-state index contributed by atoms with van der Waals surface area (Å²) in [6, 6.07) is 5.74. The van der Waals surface area contributed by atoms with Crippen molar-refractivity contribution in [1.82, 2.24) is 15.5 Å². The number of benzene rings is 1. The Balaban J connectivity index is 0.00000120. The predicted molar refractivity (Wildman–Crippen MR) is 72.9 cm³/mol. The Hall–Kier alpha value is -1.59. The minimum atomic E-state index is 0. The summed E-state index contributed by atoms with van der Waals surface area (Å²) >= 11 is 0. The highest BCUT2D eigenvalue weighted by Crippen LogP contribution is 2.18. The Bertz CT molecular complexity index is 548. The minimum absolute atomic E-state index is 0. The van der Waals surface area contributed by atoms with Gasteiger partial charge in [-0.1, -0.05) is 0 Å². The molecule has 0 saturated carbocycles. The van der Waals surface area contributed by atoms with Crippen LogP contribution in [0, 0.1) is 5.92 Å². The number of nitrogens with zero attached hydrogens (tertiary/aromatic N) is 1. The molecular formula is C12H15ClN4O. The van der Waals surface area contributed by atoms with E-state index in [2.05, 4.69) is 20.8 Å². The molecule has 0 bridgehead atoms. The molecule has 1 saturated heterocycles. The maximum Gasteiger partial charge on any atom is 0.228 e. The standard InChI is InChI=1S/C12H14N4O.ClH/c17-12(8-3-4-13-6-8)15-10-1-2-11-9(5-10)7-14-16-11;/h1-2,5,7-8,13H,3-4,6H2,(H,14,16)(H,15,17);1H. The van der Waals surface area contributed by atoms with Gasteiger partial charge in [0.15, 0.2) is 0 Å². The smallest absolute Gasteiger partial charge is 0.228 e. The van der Waals surface area contributed by atoms with Crippen LogP contribution in [0.4, 0.5) is 5.69 Å². The van der Waals surface area contributed by atoms with Crippen molar-refractivity contribution in [1.29, 1.82) is 0 Å². The molecule has 0 radical (unpaired) electrons. The fraction of sp³-hybridized carbons (Fsp3) is 0.333. The molecule has 1 aromatic carbocycles. The van der Waals surface area contributed by atoms with E-state index in [-0.39, 0.29) is 24.2 Å². The quantitative estimate of drug-likeness (QED) is 0.772. The first-order valence-electron chi connectivity index (χ1n) is 5.77. The van der Waals surface area contributed by atoms with Crippen molar-refractivity contribution in [3.8, 4) is 0 Å². The average Bonchev–Trinajstić information content (AvgIpc) is 2.99. The number of hydrogen-bond acceptors (Lipinski definition) is 3. The van der Waals surface area contributed by atoms with E-state index in [1.165, 1.54) is 0 Å². The van der Waals surface area contributed by atoms with Gasteiger partial charge in [0.1, 0.15) is 0 Å². The van der Waals surface area contributed by atoms with Crippen molar-refractivity contribution in [3.63, 3.8) is 0 Å². The van der Waals surface area contributed by atoms with Crippen LogP contribution in [0.5, 0.6) is 0 Å². The van der Waals surface area contributed by atoms with E-state index in [0.717, 1.165) is 36.1 Å². The maximum absolute atomic E-state index is 11.9. The lowest BCUT2D eigenvalue weighted by Crippen LogP contribution is -2.24. The molecule has 96 valence electrons. The summed E-state index contributed by atoms with van der Waals surface area (Å²) in [6.45, 7) is 1.71. The number of rotatable bonds is 2. The van der Waals surface area contributed by atoms with Crippen molar-refractivity contribution in [2.45, 2.75) is 6.42 Å². The van der Waals surface area contributed by atoms with Crippen molar-refractivity contribution in [2.24, 2.45) is 5.92 Å². The highest BCUT2D eigenvalue weighted by molar-refractivity contribution is 5.95. The molecule has 1 unspecified atom stereocenters. The molecule has 0 spiro atoms. The first-order valence-corrected chi connectivity index (χ1v) is 5.77. The fourth-order valence-corrected chi connectivity index (χ4v) is 2.14. The van der Waals surface area contributed by atoms with Gasteiger partial charge in [-0.05, 0) is 31.2 Å². The van der Waals surface area contributed by atoms with E-state index >= 15 is 0 Å². The van der Waals surface area contributed by atoms with Crippen molar-refractivity contribution >= 4 is 34.9 Å². The lowest BCUT2D eigenvalue weighted by atomic mass is 10.1. The number of fused-ring (bicyclic) bond motifs is 1. The summed E-state index contributed by atoms with van der Waals surface area (Å²) in [5, 5.41) is 14.0. The second kappa shape index (κ2) is 5.37. The van der Waals surface area contributed by atoms with Gasteiger partial charge in [0, 0.05) is 17.6 Å². The molecular weight excluding hydrogens is 252 g/mol. The molecule has 1 fully saturated rings. The number of H-pyrrole nitrogens is 1. The summed E-state index contributed by atoms with van der Waals surface area (Å²) in [6.07, 6.45) is 2.67. The van der Waals surface area contributed by atoms with Crippen LogP contribution in [0.25, 0.3) is 10.9 Å². The van der Waals surface area contributed by atoms with E-state index in [1.807, 2.05) is 18.2 Å². The van der Waals surface area contributed by atoms with Crippen LogP contribution in [-0.2, 0) is 4.79 Å². The number of carbonyl (C=O) groups is 1. The lowest BCUT2D eigenvalue weighted by molar-refractivity contribution is -0.119. The molecule has 1 amide bonds. The molecule has 18 heavy (non-hydrogen) atoms. The van der Waals surface area contributed by atoms with Crippen LogP contribution in [0.2, 0.25) is 0 Å². The number of aromatic nitrogens is 2. The first-order chi connectivity index (χ1) is 8.33. The summed E-state index contributed by atoms with van der Waals surface area (Å²) in [5.74, 6) is 0.188. The average molecular weight is 267 g/mol. The summed E-state index contributed by atoms with van der Waals surface area (Å²) in [7, 11) is 0. The molecule has 1 aromatic heterocycles. The van der Waals surface area contributed by atoms with Crippen molar-refractivity contribution in [2.75, 3.05) is 18.4 Å². The zero-order valence-corrected chi connectivity index (χ0v) is 10.6. The molecule has 2 heterocycles. The predicted octanol–water partition coefficient (Wildman–Crippen LogP) is 1.53. The zero-order valence-electron chi connectivity index (χ0n) is 9.77. The number of amides is 1. The summed E-state index contributed by atoms with van der Waals surface area (Å²) in [5.41, 5.74) is 1.81. The molecule has 1 atom stereocenters. The van der Waals surface area contributed by atoms with Crippen LogP contribution in [0.1, 0.15) is 6.42 Å². The van der Waals surface area contributed by atoms with Crippen LogP contribution >= 0.6 is 12.4 Å². The van der Waals surface area contributed by atoms with Gasteiger partial charge in [-0.3, -0.25) is 9.89 Å². The third kappa shape index (κ3) is 2.47. The van der Waals surface area contributed by atoms with Crippen LogP contribution in [0.15, 0.2) is 24.4 Å². The normalized spacial score (nSPS) is 18.6. The van der Waals surface area contributed by atoms with E-state index in [0.29, 0.717) is 0 Å². The number of halogens is 1. The summed E-state index contributed by atoms with van der Waals surface area (Å²) in [4.78, 5) is 11.9. The summed E-state index contributed by atoms with van der Waals surface area (Å²) < 4.78 is 0. The van der Waals surface area contributed by atoms with E-state index in [1.54, 1.807) is 6.20 Å². The molecule has 1 aliphatic heterocycles. The second-order valence-electron chi connectivity index (χ2n) is 4.35. The molecule has 6 heteroatoms. The molecule has 3 rings (SSSR count). The monoisotopic (exact) mass is 266 g/mol. The van der Waals surface area contributed by atoms with Gasteiger partial charge in [-0.2, -0.15) is 5.10 Å². The van der Waals surface area contributed by atoms with Crippen LogP contribution < -0.4 is 10.6 Å². The third-order valence-electron chi connectivity index (χ3n) is 3.14. The number of hydrogen-bond donors (Lipinski definition) is 3. The lowest BCUT2D eigenvalue weighted by Gasteiger charge is -2.09. The molecule has 3 N–H and O–H groups in total. The SMILES string of the molecule is Cl.O=C(Nc1ccc2[nH]ncc2c1)C1CCNC1. The van der Waals surface area contributed by atoms with Gasteiger partial charge in [-0.15, -0.1) is 12.4 Å². The van der Waals surface area contributed by atoms with Gasteiger partial charge in [-0.25, -0.2) is 0 Å². The number of carbonyl (C=O) groups excluding carboxylic acids is 1. The number of anilines is 1. The minimum Gasteiger partial charge on any atom is -0.326 e. The van der Waals surface area contributed by atoms with E-state index < -0.39 is 0 Å². The van der Waals surface area contributed by atoms with E-state index in [9.17, 15) is 4.79 Å². The fourth-order valence-electron chi connectivity index (χ4n) is 2.14. The third-order valence-corrected chi connectivity index (χ3v) is 3.14. The molecule has 5 nitrogen and oxygen atoms in total. The van der Waals surface area contributed by atoms with Gasteiger partial charge >= 0.3 is 0 Å². The topological polar surface area (TPSA) is 69.8 Å². The Kier molecular flexibility index (Phi) is 3.84. The van der Waals surface area contributed by atoms with E-state index in [4.69, 9.17) is 0 Å². The first kappa shape index (κ1) is 12.9. The molecule has 1 aliphatic rings. The highest BCUT2D eigenvalue weighted by Gasteiger charge is 2.22. The highest BCUT2D eigenvalue weighted by atomic mass is 35.5. The maximum atomic E-state index is 11.9.